The van der Waals surface area contributed by atoms with Crippen LogP contribution in [0.5, 0.6) is 0 Å². The summed E-state index contributed by atoms with van der Waals surface area (Å²) in [7, 11) is 0. The Morgan fingerprint density at radius 2 is 1.92 bits per heavy atom. The van der Waals surface area contributed by atoms with E-state index >= 15 is 0 Å². The number of carbonyl (C=O) groups is 1. The van der Waals surface area contributed by atoms with Crippen molar-refractivity contribution in [2.45, 2.75) is 37.8 Å². The smallest absolute Gasteiger partial charge is 0.295 e. The number of benzene rings is 1. The molecular weight excluding hydrogens is 406 g/mol. The summed E-state index contributed by atoms with van der Waals surface area (Å²) >= 11 is 3.32. The van der Waals surface area contributed by atoms with Crippen LogP contribution in [-0.4, -0.2) is 28.4 Å². The summed E-state index contributed by atoms with van der Waals surface area (Å²) in [6, 6.07) is 2.56. The van der Waals surface area contributed by atoms with Crippen LogP contribution in [-0.2, 0) is 0 Å². The predicted molar refractivity (Wildman–Crippen MR) is 101 cm³/mol. The molecule has 0 aromatic heterocycles. The number of amides is 1. The van der Waals surface area contributed by atoms with Crippen LogP contribution in [0, 0.1) is 10.1 Å². The standard InChI is InChI=1S/C15H18BrN7O3/c16-9-6-8(12(17)24)7-10(23(25)26)11(9)22-14(19)20-13(18)21-15(22)4-2-1-3-5-15/h6-7H,1-5H2,(H2,17,24)(H4,18,19,20,21). The van der Waals surface area contributed by atoms with Gasteiger partial charge in [-0.1, -0.05) is 6.42 Å². The number of nitro benzene ring substituents is 1. The number of hydrogen-bond donors (Lipinski definition) is 3. The van der Waals surface area contributed by atoms with E-state index in [0.717, 1.165) is 25.3 Å². The fourth-order valence-corrected chi connectivity index (χ4v) is 4.16. The molecule has 138 valence electrons. The highest BCUT2D eigenvalue weighted by molar-refractivity contribution is 9.10. The number of aliphatic imine (C=N–C) groups is 2. The Labute approximate surface area is 157 Å². The highest BCUT2D eigenvalue weighted by Gasteiger charge is 2.45. The predicted octanol–water partition coefficient (Wildman–Crippen LogP) is 1.57. The number of nitro groups is 1. The lowest BCUT2D eigenvalue weighted by Gasteiger charge is -2.45. The summed E-state index contributed by atoms with van der Waals surface area (Å²) in [4.78, 5) is 32.7. The van der Waals surface area contributed by atoms with Crippen LogP contribution in [0.2, 0.25) is 0 Å². The minimum Gasteiger partial charge on any atom is -0.369 e. The average Bonchev–Trinajstić information content (AvgIpc) is 2.55. The second-order valence-corrected chi connectivity index (χ2v) is 7.12. The molecule has 1 aliphatic carbocycles. The number of halogens is 1. The van der Waals surface area contributed by atoms with Gasteiger partial charge in [0.15, 0.2) is 0 Å². The summed E-state index contributed by atoms with van der Waals surface area (Å²) in [6.45, 7) is 0. The van der Waals surface area contributed by atoms with Crippen molar-refractivity contribution in [3.05, 3.63) is 32.3 Å². The number of nitrogens with zero attached hydrogens (tertiary/aromatic N) is 4. The molecule has 1 fully saturated rings. The number of primary amides is 1. The molecule has 0 unspecified atom stereocenters. The zero-order valence-corrected chi connectivity index (χ0v) is 15.4. The lowest BCUT2D eigenvalue weighted by atomic mass is 9.87. The van der Waals surface area contributed by atoms with Crippen LogP contribution in [0.4, 0.5) is 11.4 Å². The molecule has 0 saturated heterocycles. The van der Waals surface area contributed by atoms with Gasteiger partial charge in [0.25, 0.3) is 5.69 Å². The molecule has 2 aliphatic rings. The van der Waals surface area contributed by atoms with E-state index in [1.165, 1.54) is 6.07 Å². The molecule has 3 rings (SSSR count). The Hall–Kier alpha value is -2.69. The van der Waals surface area contributed by atoms with E-state index in [2.05, 4.69) is 25.9 Å². The van der Waals surface area contributed by atoms with Gasteiger partial charge >= 0.3 is 0 Å². The molecule has 6 N–H and O–H groups in total. The molecular formula is C15H18BrN7O3. The maximum absolute atomic E-state index is 11.7. The fourth-order valence-electron chi connectivity index (χ4n) is 3.53. The molecule has 1 aliphatic heterocycles. The van der Waals surface area contributed by atoms with Gasteiger partial charge in [-0.2, -0.15) is 4.99 Å². The van der Waals surface area contributed by atoms with Gasteiger partial charge < -0.3 is 17.2 Å². The minimum atomic E-state index is -0.838. The first-order valence-electron chi connectivity index (χ1n) is 8.02. The molecule has 0 radical (unpaired) electrons. The van der Waals surface area contributed by atoms with Crippen LogP contribution in [0.15, 0.2) is 26.6 Å². The number of carbonyl (C=O) groups excluding carboxylic acids is 1. The van der Waals surface area contributed by atoms with Crippen molar-refractivity contribution < 1.29 is 9.72 Å². The second kappa shape index (κ2) is 6.56. The Balaban J connectivity index is 2.24. The van der Waals surface area contributed by atoms with Gasteiger partial charge in [0, 0.05) is 16.1 Å². The van der Waals surface area contributed by atoms with Gasteiger partial charge in [0.1, 0.15) is 11.4 Å². The van der Waals surface area contributed by atoms with E-state index < -0.39 is 16.5 Å². The molecule has 26 heavy (non-hydrogen) atoms. The van der Waals surface area contributed by atoms with Gasteiger partial charge in [-0.3, -0.25) is 19.8 Å². The molecule has 1 saturated carbocycles. The number of anilines is 1. The van der Waals surface area contributed by atoms with E-state index in [0.29, 0.717) is 17.3 Å². The van der Waals surface area contributed by atoms with Crippen molar-refractivity contribution in [2.75, 3.05) is 4.90 Å². The first-order valence-corrected chi connectivity index (χ1v) is 8.82. The Bertz CT molecular complexity index is 846. The van der Waals surface area contributed by atoms with E-state index in [4.69, 9.17) is 17.2 Å². The van der Waals surface area contributed by atoms with E-state index in [1.54, 1.807) is 4.90 Å². The molecule has 10 nitrogen and oxygen atoms in total. The third-order valence-corrected chi connectivity index (χ3v) is 5.20. The van der Waals surface area contributed by atoms with Crippen molar-refractivity contribution >= 4 is 45.1 Å². The molecule has 1 aromatic rings. The van der Waals surface area contributed by atoms with Crippen LogP contribution in [0.25, 0.3) is 0 Å². The van der Waals surface area contributed by atoms with Crippen LogP contribution >= 0.6 is 15.9 Å². The van der Waals surface area contributed by atoms with Crippen LogP contribution in [0.1, 0.15) is 42.5 Å². The second-order valence-electron chi connectivity index (χ2n) is 6.27. The summed E-state index contributed by atoms with van der Waals surface area (Å²) in [5.74, 6) is -0.696. The Morgan fingerprint density at radius 3 is 2.50 bits per heavy atom. The number of nitrogens with two attached hydrogens (primary N) is 3. The van der Waals surface area contributed by atoms with Crippen LogP contribution < -0.4 is 22.1 Å². The van der Waals surface area contributed by atoms with Gasteiger partial charge in [0.2, 0.25) is 17.8 Å². The Kier molecular flexibility index (Phi) is 4.57. The lowest BCUT2D eigenvalue weighted by molar-refractivity contribution is -0.384. The zero-order valence-electron chi connectivity index (χ0n) is 13.8. The lowest BCUT2D eigenvalue weighted by Crippen LogP contribution is -2.58. The minimum absolute atomic E-state index is 0.0144. The van der Waals surface area contributed by atoms with E-state index in [9.17, 15) is 14.9 Å². The normalized spacial score (nSPS) is 19.0. The maximum Gasteiger partial charge on any atom is 0.295 e. The number of rotatable bonds is 3. The van der Waals surface area contributed by atoms with Crippen molar-refractivity contribution in [1.29, 1.82) is 0 Å². The van der Waals surface area contributed by atoms with Crippen molar-refractivity contribution in [3.8, 4) is 0 Å². The highest BCUT2D eigenvalue weighted by atomic mass is 79.9. The monoisotopic (exact) mass is 423 g/mol. The SMILES string of the molecule is NC(=O)c1cc(Br)c(N2C(N)=NC(N)=NC23CCCCC3)c([N+](=O)[O-])c1. The molecule has 1 aromatic carbocycles. The summed E-state index contributed by atoms with van der Waals surface area (Å²) < 4.78 is 0.305. The largest absolute Gasteiger partial charge is 0.369 e. The summed E-state index contributed by atoms with van der Waals surface area (Å²) in [6.07, 6.45) is 4.05. The zero-order chi connectivity index (χ0) is 19.1. The number of guanidine groups is 2. The van der Waals surface area contributed by atoms with Crippen molar-refractivity contribution in [1.82, 2.24) is 0 Å². The van der Waals surface area contributed by atoms with E-state index in [-0.39, 0.29) is 28.9 Å². The molecule has 1 amide bonds. The summed E-state index contributed by atoms with van der Waals surface area (Å²) in [5, 5.41) is 11.7. The molecule has 0 atom stereocenters. The number of hydrogen-bond acceptors (Lipinski definition) is 8. The van der Waals surface area contributed by atoms with Gasteiger partial charge in [0.05, 0.1) is 4.92 Å². The van der Waals surface area contributed by atoms with Gasteiger partial charge in [-0.05, 0) is 47.7 Å². The highest BCUT2D eigenvalue weighted by Crippen LogP contribution is 2.46. The maximum atomic E-state index is 11.7. The van der Waals surface area contributed by atoms with Gasteiger partial charge in [-0.15, -0.1) is 0 Å². The quantitative estimate of drug-likeness (QED) is 0.492. The van der Waals surface area contributed by atoms with Crippen molar-refractivity contribution in [2.24, 2.45) is 27.2 Å². The Morgan fingerprint density at radius 1 is 1.27 bits per heavy atom. The molecule has 11 heteroatoms. The third-order valence-electron chi connectivity index (χ3n) is 4.60. The third kappa shape index (κ3) is 2.98. The molecule has 1 spiro atoms. The fraction of sp³-hybridized carbons (Fsp3) is 0.400. The van der Waals surface area contributed by atoms with Crippen LogP contribution in [0.3, 0.4) is 0 Å². The summed E-state index contributed by atoms with van der Waals surface area (Å²) in [5.41, 5.74) is 16.3. The van der Waals surface area contributed by atoms with Crippen molar-refractivity contribution in [3.63, 3.8) is 0 Å². The van der Waals surface area contributed by atoms with Gasteiger partial charge in [-0.25, -0.2) is 4.99 Å². The molecule has 1 heterocycles. The topological polar surface area (TPSA) is 166 Å². The average molecular weight is 424 g/mol. The van der Waals surface area contributed by atoms with E-state index in [1.807, 2.05) is 0 Å². The first-order chi connectivity index (χ1) is 12.2. The molecule has 0 bridgehead atoms. The first kappa shape index (κ1) is 18.1.